The molecule has 0 bridgehead atoms. The van der Waals surface area contributed by atoms with E-state index >= 15 is 0 Å². The summed E-state index contributed by atoms with van der Waals surface area (Å²) in [6, 6.07) is 87.9. The van der Waals surface area contributed by atoms with Crippen LogP contribution in [0.3, 0.4) is 0 Å². The van der Waals surface area contributed by atoms with E-state index in [1.165, 1.54) is 76.8 Å². The smallest absolute Gasteiger partial charge is 0.143 e. The molecule has 0 saturated heterocycles. The van der Waals surface area contributed by atoms with E-state index in [9.17, 15) is 0 Å². The van der Waals surface area contributed by atoms with Crippen molar-refractivity contribution in [1.82, 2.24) is 0 Å². The van der Waals surface area contributed by atoms with Crippen molar-refractivity contribution < 1.29 is 4.42 Å². The minimum atomic E-state index is 0.882. The molecule has 0 saturated carbocycles. The van der Waals surface area contributed by atoms with E-state index in [1.807, 2.05) is 0 Å². The number of hydrogen-bond acceptors (Lipinski definition) is 1. The van der Waals surface area contributed by atoms with Gasteiger partial charge in [-0.05, 0) is 93.9 Å². The van der Waals surface area contributed by atoms with Gasteiger partial charge in [0.05, 0.1) is 0 Å². The van der Waals surface area contributed by atoms with Crippen LogP contribution in [-0.4, -0.2) is 0 Å². The number of hydrogen-bond donors (Lipinski definition) is 0. The summed E-state index contributed by atoms with van der Waals surface area (Å²) in [6.45, 7) is 0. The fraction of sp³-hybridized carbons (Fsp3) is 0. The molecular formula is C62H40O. The molecule has 1 heteroatoms. The third-order valence-electron chi connectivity index (χ3n) is 12.7. The Morgan fingerprint density at radius 3 is 1.22 bits per heavy atom. The summed E-state index contributed by atoms with van der Waals surface area (Å²) in [5.41, 5.74) is 13.8. The van der Waals surface area contributed by atoms with Gasteiger partial charge in [-0.2, -0.15) is 0 Å². The molecule has 0 fully saturated rings. The average Bonchev–Trinajstić information content (AvgIpc) is 3.76. The van der Waals surface area contributed by atoms with E-state index in [2.05, 4.69) is 243 Å². The number of benzene rings is 11. The maximum absolute atomic E-state index is 6.98. The van der Waals surface area contributed by atoms with Crippen LogP contribution in [-0.2, 0) is 0 Å². The second kappa shape index (κ2) is 15.3. The van der Waals surface area contributed by atoms with E-state index in [-0.39, 0.29) is 0 Å². The van der Waals surface area contributed by atoms with Gasteiger partial charge in [-0.25, -0.2) is 0 Å². The van der Waals surface area contributed by atoms with Crippen LogP contribution in [0.2, 0.25) is 0 Å². The number of furan rings is 1. The van der Waals surface area contributed by atoms with Gasteiger partial charge in [0, 0.05) is 21.9 Å². The third-order valence-corrected chi connectivity index (χ3v) is 12.7. The Kier molecular flexibility index (Phi) is 8.90. The van der Waals surface area contributed by atoms with Crippen LogP contribution in [0.15, 0.2) is 247 Å². The average molecular weight is 801 g/mol. The summed E-state index contributed by atoms with van der Waals surface area (Å²) in [7, 11) is 0. The zero-order valence-corrected chi connectivity index (χ0v) is 34.5. The highest BCUT2D eigenvalue weighted by Gasteiger charge is 2.26. The van der Waals surface area contributed by atoms with Crippen LogP contribution in [0.5, 0.6) is 0 Å². The van der Waals surface area contributed by atoms with Crippen LogP contribution in [0.4, 0.5) is 0 Å². The Morgan fingerprint density at radius 2 is 0.683 bits per heavy atom. The molecule has 1 nitrogen and oxygen atoms in total. The van der Waals surface area contributed by atoms with E-state index in [0.29, 0.717) is 0 Å². The lowest BCUT2D eigenvalue weighted by Gasteiger charge is -2.24. The molecule has 1 heterocycles. The molecule has 294 valence electrons. The molecule has 12 aromatic rings. The maximum atomic E-state index is 6.98. The van der Waals surface area contributed by atoms with E-state index in [1.54, 1.807) is 0 Å². The highest BCUT2D eigenvalue weighted by atomic mass is 16.3. The molecule has 0 spiro atoms. The first-order chi connectivity index (χ1) is 31.3. The molecular weight excluding hydrogens is 761 g/mol. The lowest BCUT2D eigenvalue weighted by atomic mass is 9.79. The van der Waals surface area contributed by atoms with Crippen molar-refractivity contribution in [3.05, 3.63) is 265 Å². The molecule has 63 heavy (non-hydrogen) atoms. The summed E-state index contributed by atoms with van der Waals surface area (Å²) in [6.07, 6.45) is 0. The molecule has 1 aromatic heterocycles. The van der Waals surface area contributed by atoms with E-state index in [4.69, 9.17) is 4.42 Å². The quantitative estimate of drug-likeness (QED) is 0.116. The first-order valence-corrected chi connectivity index (χ1v) is 21.7. The number of fused-ring (bicyclic) bond motifs is 6. The van der Waals surface area contributed by atoms with Crippen LogP contribution in [0.25, 0.3) is 98.8 Å². The van der Waals surface area contributed by atoms with Gasteiger partial charge in [-0.15, -0.1) is 0 Å². The molecule has 0 aliphatic carbocycles. The Bertz CT molecular complexity index is 3590. The second-order valence-electron chi connectivity index (χ2n) is 16.2. The van der Waals surface area contributed by atoms with Crippen molar-refractivity contribution in [3.8, 4) is 33.6 Å². The largest absolute Gasteiger partial charge is 0.455 e. The Hall–Kier alpha value is -8.26. The highest BCUT2D eigenvalue weighted by molar-refractivity contribution is 6.26. The van der Waals surface area contributed by atoms with Gasteiger partial charge in [0.2, 0.25) is 0 Å². The van der Waals surface area contributed by atoms with Crippen LogP contribution in [0, 0.1) is 0 Å². The Labute approximate surface area is 366 Å². The van der Waals surface area contributed by atoms with Gasteiger partial charge in [0.1, 0.15) is 11.3 Å². The van der Waals surface area contributed by atoms with Crippen LogP contribution in [0.1, 0.15) is 22.3 Å². The Balaban J connectivity index is 1.18. The summed E-state index contributed by atoms with van der Waals surface area (Å²) >= 11 is 0. The standard InChI is InChI=1S/C62H40O/c1-5-22-42(23-6-1)56(43-24-7-2-8-25-43)57(44-26-9-3-10-27-44)59-51-35-19-17-33-49(51)58(50-34-18-20-36-52(50)59)53-39-40-54(48-32-16-15-31-47(48)53)60-55-38-37-41-21-13-14-30-46(41)62(55)63-61(60)45-28-11-4-12-29-45/h1-40H. The van der Waals surface area contributed by atoms with Gasteiger partial charge < -0.3 is 4.42 Å². The minimum absolute atomic E-state index is 0.882. The fourth-order valence-electron chi connectivity index (χ4n) is 9.99. The number of rotatable bonds is 7. The molecule has 0 N–H and O–H groups in total. The van der Waals surface area contributed by atoms with Gasteiger partial charge in [-0.3, -0.25) is 0 Å². The van der Waals surface area contributed by atoms with Gasteiger partial charge in [0.25, 0.3) is 0 Å². The topological polar surface area (TPSA) is 13.1 Å². The zero-order chi connectivity index (χ0) is 41.7. The molecule has 0 amide bonds. The molecule has 12 rings (SSSR count). The zero-order valence-electron chi connectivity index (χ0n) is 34.5. The van der Waals surface area contributed by atoms with Crippen molar-refractivity contribution in [2.45, 2.75) is 0 Å². The lowest BCUT2D eigenvalue weighted by Crippen LogP contribution is -2.00. The summed E-state index contributed by atoms with van der Waals surface area (Å²) in [5, 5.41) is 10.6. The lowest BCUT2D eigenvalue weighted by molar-refractivity contribution is 0.636. The Morgan fingerprint density at radius 1 is 0.270 bits per heavy atom. The summed E-state index contributed by atoms with van der Waals surface area (Å²) in [4.78, 5) is 0. The predicted molar refractivity (Wildman–Crippen MR) is 267 cm³/mol. The van der Waals surface area contributed by atoms with Gasteiger partial charge in [0.15, 0.2) is 0 Å². The van der Waals surface area contributed by atoms with Crippen molar-refractivity contribution in [1.29, 1.82) is 0 Å². The molecule has 0 radical (unpaired) electrons. The van der Waals surface area contributed by atoms with E-state index in [0.717, 1.165) is 44.2 Å². The summed E-state index contributed by atoms with van der Waals surface area (Å²) in [5.74, 6) is 0.882. The maximum Gasteiger partial charge on any atom is 0.143 e. The fourth-order valence-corrected chi connectivity index (χ4v) is 9.99. The van der Waals surface area contributed by atoms with E-state index < -0.39 is 0 Å². The monoisotopic (exact) mass is 800 g/mol. The van der Waals surface area contributed by atoms with Gasteiger partial charge >= 0.3 is 0 Å². The molecule has 0 aliphatic rings. The third kappa shape index (κ3) is 6.09. The van der Waals surface area contributed by atoms with Crippen molar-refractivity contribution in [2.75, 3.05) is 0 Å². The molecule has 0 aliphatic heterocycles. The van der Waals surface area contributed by atoms with Crippen molar-refractivity contribution >= 4 is 65.2 Å². The van der Waals surface area contributed by atoms with Crippen LogP contribution >= 0.6 is 0 Å². The van der Waals surface area contributed by atoms with Crippen LogP contribution < -0.4 is 0 Å². The summed E-state index contributed by atoms with van der Waals surface area (Å²) < 4.78 is 6.98. The van der Waals surface area contributed by atoms with Crippen molar-refractivity contribution in [2.24, 2.45) is 0 Å². The molecule has 11 aromatic carbocycles. The minimum Gasteiger partial charge on any atom is -0.455 e. The predicted octanol–water partition coefficient (Wildman–Crippen LogP) is 17.1. The second-order valence-corrected chi connectivity index (χ2v) is 16.2. The highest BCUT2D eigenvalue weighted by Crippen LogP contribution is 2.50. The van der Waals surface area contributed by atoms with Gasteiger partial charge in [-0.1, -0.05) is 237 Å². The first-order valence-electron chi connectivity index (χ1n) is 21.7. The normalized spacial score (nSPS) is 11.5. The molecule has 0 unspecified atom stereocenters. The molecule has 0 atom stereocenters. The van der Waals surface area contributed by atoms with Crippen molar-refractivity contribution in [3.63, 3.8) is 0 Å². The first kappa shape index (κ1) is 36.6. The SMILES string of the molecule is c1ccc(C(=C(c2ccccc2)c2c3ccccc3c(-c3ccc(-c4c(-c5ccccc5)oc5c4ccc4ccccc45)c4ccccc34)c3ccccc23)c2ccccc2)cc1.